The first-order chi connectivity index (χ1) is 9.44. The first kappa shape index (κ1) is 14.9. The largest absolute Gasteiger partial charge is 0.347 e. The van der Waals surface area contributed by atoms with Crippen LogP contribution >= 0.6 is 0 Å². The van der Waals surface area contributed by atoms with Crippen LogP contribution < -0.4 is 0 Å². The van der Waals surface area contributed by atoms with Crippen LogP contribution in [-0.2, 0) is 14.8 Å². The predicted molar refractivity (Wildman–Crippen MR) is 74.5 cm³/mol. The van der Waals surface area contributed by atoms with Gasteiger partial charge in [0.05, 0.1) is 0 Å². The minimum absolute atomic E-state index is 0.137. The van der Waals surface area contributed by atoms with E-state index in [1.54, 1.807) is 20.2 Å². The van der Waals surface area contributed by atoms with E-state index in [-0.39, 0.29) is 10.8 Å². The zero-order chi connectivity index (χ0) is 14.8. The van der Waals surface area contributed by atoms with E-state index in [0.717, 1.165) is 12.8 Å². The first-order valence-electron chi connectivity index (χ1n) is 6.57. The molecule has 0 aromatic carbocycles. The fourth-order valence-corrected chi connectivity index (χ4v) is 3.99. The van der Waals surface area contributed by atoms with Gasteiger partial charge in [-0.2, -0.15) is 4.31 Å². The van der Waals surface area contributed by atoms with E-state index in [1.807, 2.05) is 0 Å². The van der Waals surface area contributed by atoms with Gasteiger partial charge in [-0.25, -0.2) is 8.42 Å². The summed E-state index contributed by atoms with van der Waals surface area (Å²) in [6.45, 7) is 0.376. The van der Waals surface area contributed by atoms with Gasteiger partial charge in [0, 0.05) is 33.0 Å². The maximum absolute atomic E-state index is 12.6. The number of hydrogen-bond acceptors (Lipinski definition) is 4. The van der Waals surface area contributed by atoms with Crippen molar-refractivity contribution in [2.75, 3.05) is 20.6 Å². The Bertz CT molecular complexity index is 572. The lowest BCUT2D eigenvalue weighted by Crippen LogP contribution is -2.51. The Balaban J connectivity index is 2.35. The minimum Gasteiger partial charge on any atom is -0.347 e. The number of amides is 1. The number of hydrogen-bond donors (Lipinski definition) is 0. The molecule has 1 amide bonds. The van der Waals surface area contributed by atoms with E-state index in [9.17, 15) is 13.2 Å². The third-order valence-corrected chi connectivity index (χ3v) is 5.31. The average Bonchev–Trinajstić information content (AvgIpc) is 2.47. The standard InChI is InChI=1S/C13H19N3O3S/c1-15(2)13(17)12-7-3-4-9-16(12)20(18,19)11-6-5-8-14-10-11/h5-6,8,10,12H,3-4,7,9H2,1-2H3/t12-/m1/s1. The zero-order valence-corrected chi connectivity index (χ0v) is 12.5. The van der Waals surface area contributed by atoms with Crippen LogP contribution in [0.4, 0.5) is 0 Å². The predicted octanol–water partition coefficient (Wildman–Crippen LogP) is 0.713. The first-order valence-corrected chi connectivity index (χ1v) is 8.01. The summed E-state index contributed by atoms with van der Waals surface area (Å²) in [7, 11) is -0.377. The summed E-state index contributed by atoms with van der Waals surface area (Å²) in [5, 5.41) is 0. The van der Waals surface area contributed by atoms with Crippen LogP contribution in [0.5, 0.6) is 0 Å². The molecule has 0 unspecified atom stereocenters. The molecule has 0 spiro atoms. The lowest BCUT2D eigenvalue weighted by atomic mass is 10.0. The average molecular weight is 297 g/mol. The van der Waals surface area contributed by atoms with Crippen molar-refractivity contribution in [3.63, 3.8) is 0 Å². The molecule has 2 heterocycles. The van der Waals surface area contributed by atoms with Crippen LogP contribution in [0.1, 0.15) is 19.3 Å². The van der Waals surface area contributed by atoms with Crippen LogP contribution in [-0.4, -0.2) is 55.2 Å². The fourth-order valence-electron chi connectivity index (χ4n) is 2.37. The van der Waals surface area contributed by atoms with Crippen LogP contribution in [0.3, 0.4) is 0 Å². The van der Waals surface area contributed by atoms with E-state index in [1.165, 1.54) is 27.7 Å². The Labute approximate surface area is 119 Å². The molecule has 0 aliphatic carbocycles. The summed E-state index contributed by atoms with van der Waals surface area (Å²) in [5.74, 6) is -0.169. The lowest BCUT2D eigenvalue weighted by molar-refractivity contribution is -0.133. The number of pyridine rings is 1. The van der Waals surface area contributed by atoms with Gasteiger partial charge < -0.3 is 4.90 Å². The van der Waals surface area contributed by atoms with E-state index < -0.39 is 16.1 Å². The van der Waals surface area contributed by atoms with Crippen molar-refractivity contribution in [3.8, 4) is 0 Å². The van der Waals surface area contributed by atoms with Gasteiger partial charge in [0.2, 0.25) is 15.9 Å². The van der Waals surface area contributed by atoms with E-state index in [2.05, 4.69) is 4.98 Å². The van der Waals surface area contributed by atoms with Gasteiger partial charge in [-0.3, -0.25) is 9.78 Å². The Morgan fingerprint density at radius 3 is 2.75 bits per heavy atom. The highest BCUT2D eigenvalue weighted by molar-refractivity contribution is 7.89. The monoisotopic (exact) mass is 297 g/mol. The third-order valence-electron chi connectivity index (χ3n) is 3.42. The molecule has 6 nitrogen and oxygen atoms in total. The minimum atomic E-state index is -3.67. The molecular formula is C13H19N3O3S. The van der Waals surface area contributed by atoms with Gasteiger partial charge in [-0.05, 0) is 25.0 Å². The lowest BCUT2D eigenvalue weighted by Gasteiger charge is -2.34. The van der Waals surface area contributed by atoms with Gasteiger partial charge in [0.15, 0.2) is 0 Å². The molecule has 110 valence electrons. The van der Waals surface area contributed by atoms with Gasteiger partial charge in [0.1, 0.15) is 10.9 Å². The van der Waals surface area contributed by atoms with Crippen molar-refractivity contribution < 1.29 is 13.2 Å². The summed E-state index contributed by atoms with van der Waals surface area (Å²) in [4.78, 5) is 17.6. The molecule has 2 rings (SSSR count). The topological polar surface area (TPSA) is 70.6 Å². The summed E-state index contributed by atoms with van der Waals surface area (Å²) in [6.07, 6.45) is 5.05. The van der Waals surface area contributed by atoms with Crippen molar-refractivity contribution in [1.82, 2.24) is 14.2 Å². The molecule has 0 radical (unpaired) electrons. The molecule has 1 saturated heterocycles. The van der Waals surface area contributed by atoms with Crippen LogP contribution in [0.25, 0.3) is 0 Å². The molecule has 1 atom stereocenters. The molecule has 1 aliphatic heterocycles. The second kappa shape index (κ2) is 5.88. The fraction of sp³-hybridized carbons (Fsp3) is 0.538. The highest BCUT2D eigenvalue weighted by Crippen LogP contribution is 2.25. The maximum atomic E-state index is 12.6. The second-order valence-corrected chi connectivity index (χ2v) is 6.94. The molecule has 0 N–H and O–H groups in total. The van der Waals surface area contributed by atoms with Crippen LogP contribution in [0, 0.1) is 0 Å². The summed E-state index contributed by atoms with van der Waals surface area (Å²) >= 11 is 0. The Kier molecular flexibility index (Phi) is 4.39. The SMILES string of the molecule is CN(C)C(=O)[C@H]1CCCCN1S(=O)(=O)c1cccnc1. The number of piperidine rings is 1. The molecule has 1 fully saturated rings. The Morgan fingerprint density at radius 1 is 1.40 bits per heavy atom. The van der Waals surface area contributed by atoms with E-state index in [4.69, 9.17) is 0 Å². The number of rotatable bonds is 3. The zero-order valence-electron chi connectivity index (χ0n) is 11.7. The van der Waals surface area contributed by atoms with Crippen molar-refractivity contribution in [1.29, 1.82) is 0 Å². The number of carbonyl (C=O) groups is 1. The summed E-state index contributed by atoms with van der Waals surface area (Å²) in [6, 6.07) is 2.48. The molecule has 1 aromatic rings. The van der Waals surface area contributed by atoms with E-state index >= 15 is 0 Å². The highest BCUT2D eigenvalue weighted by Gasteiger charge is 2.38. The van der Waals surface area contributed by atoms with Crippen molar-refractivity contribution >= 4 is 15.9 Å². The van der Waals surface area contributed by atoms with Gasteiger partial charge in [0.25, 0.3) is 0 Å². The Morgan fingerprint density at radius 2 is 2.15 bits per heavy atom. The van der Waals surface area contributed by atoms with Gasteiger partial charge in [-0.15, -0.1) is 0 Å². The molecule has 1 aliphatic rings. The van der Waals surface area contributed by atoms with Gasteiger partial charge >= 0.3 is 0 Å². The van der Waals surface area contributed by atoms with Crippen LogP contribution in [0.15, 0.2) is 29.4 Å². The second-order valence-electron chi connectivity index (χ2n) is 5.05. The molecule has 7 heteroatoms. The smallest absolute Gasteiger partial charge is 0.245 e. The number of sulfonamides is 1. The molecular weight excluding hydrogens is 278 g/mol. The third kappa shape index (κ3) is 2.83. The van der Waals surface area contributed by atoms with Gasteiger partial charge in [-0.1, -0.05) is 6.42 Å². The number of carbonyl (C=O) groups excluding carboxylic acids is 1. The normalized spacial score (nSPS) is 20.6. The summed E-state index contributed by atoms with van der Waals surface area (Å²) < 4.78 is 26.6. The van der Waals surface area contributed by atoms with E-state index in [0.29, 0.717) is 13.0 Å². The van der Waals surface area contributed by atoms with Crippen molar-refractivity contribution in [3.05, 3.63) is 24.5 Å². The van der Waals surface area contributed by atoms with Crippen molar-refractivity contribution in [2.24, 2.45) is 0 Å². The number of aromatic nitrogens is 1. The summed E-state index contributed by atoms with van der Waals surface area (Å²) in [5.41, 5.74) is 0. The number of likely N-dealkylation sites (N-methyl/N-ethyl adjacent to an activating group) is 1. The molecule has 0 bridgehead atoms. The highest BCUT2D eigenvalue weighted by atomic mass is 32.2. The quantitative estimate of drug-likeness (QED) is 0.824. The van der Waals surface area contributed by atoms with Crippen molar-refractivity contribution in [2.45, 2.75) is 30.2 Å². The molecule has 1 aromatic heterocycles. The number of nitrogens with zero attached hydrogens (tertiary/aromatic N) is 3. The Hall–Kier alpha value is -1.47. The van der Waals surface area contributed by atoms with Crippen LogP contribution in [0.2, 0.25) is 0 Å². The molecule has 20 heavy (non-hydrogen) atoms. The molecule has 0 saturated carbocycles. The maximum Gasteiger partial charge on any atom is 0.245 e.